The van der Waals surface area contributed by atoms with Crippen molar-refractivity contribution in [2.75, 3.05) is 25.6 Å². The summed E-state index contributed by atoms with van der Waals surface area (Å²) in [5, 5.41) is 3.24. The molecule has 0 aliphatic carbocycles. The van der Waals surface area contributed by atoms with Gasteiger partial charge in [0, 0.05) is 23.3 Å². The highest BCUT2D eigenvalue weighted by molar-refractivity contribution is 9.10. The Hall–Kier alpha value is -1.75. The molecule has 20 heavy (non-hydrogen) atoms. The Morgan fingerprint density at radius 2 is 2.05 bits per heavy atom. The van der Waals surface area contributed by atoms with Gasteiger partial charge in [-0.1, -0.05) is 6.07 Å². The number of rotatable bonds is 7. The van der Waals surface area contributed by atoms with Gasteiger partial charge in [0.2, 0.25) is 0 Å². The summed E-state index contributed by atoms with van der Waals surface area (Å²) < 4.78 is 11.8. The smallest absolute Gasteiger partial charge is 0.125 e. The Labute approximate surface area is 127 Å². The fourth-order valence-corrected chi connectivity index (χ4v) is 1.88. The number of methoxy groups -OCH3 is 1. The molecule has 4 nitrogen and oxygen atoms in total. The summed E-state index contributed by atoms with van der Waals surface area (Å²) in [5.74, 6) is 2.50. The number of nitrogens with one attached hydrogen (secondary N) is 1. The quantitative estimate of drug-likeness (QED) is 0.782. The number of aromatic nitrogens is 1. The molecular formula is C15H17BrN2O2. The van der Waals surface area contributed by atoms with Crippen LogP contribution in [-0.4, -0.2) is 25.2 Å². The van der Waals surface area contributed by atoms with E-state index < -0.39 is 0 Å². The van der Waals surface area contributed by atoms with Crippen LogP contribution < -0.4 is 14.8 Å². The molecule has 0 atom stereocenters. The molecule has 0 aliphatic heterocycles. The molecule has 1 N–H and O–H groups in total. The van der Waals surface area contributed by atoms with Crippen LogP contribution in [0.5, 0.6) is 11.5 Å². The van der Waals surface area contributed by atoms with Gasteiger partial charge >= 0.3 is 0 Å². The van der Waals surface area contributed by atoms with Gasteiger partial charge in [-0.05, 0) is 46.6 Å². The molecule has 106 valence electrons. The number of pyridine rings is 1. The van der Waals surface area contributed by atoms with Gasteiger partial charge in [0.25, 0.3) is 0 Å². The Kier molecular flexibility index (Phi) is 5.68. The van der Waals surface area contributed by atoms with E-state index in [9.17, 15) is 0 Å². The minimum absolute atomic E-state index is 0.649. The minimum atomic E-state index is 0.649. The second-order valence-electron chi connectivity index (χ2n) is 4.17. The molecule has 0 saturated carbocycles. The molecule has 0 aliphatic rings. The molecule has 0 bridgehead atoms. The van der Waals surface area contributed by atoms with E-state index in [2.05, 4.69) is 26.2 Å². The van der Waals surface area contributed by atoms with Crippen molar-refractivity contribution in [2.45, 2.75) is 6.42 Å². The predicted octanol–water partition coefficient (Wildman–Crippen LogP) is 3.73. The van der Waals surface area contributed by atoms with E-state index in [0.29, 0.717) is 6.61 Å². The Morgan fingerprint density at radius 1 is 1.20 bits per heavy atom. The molecule has 1 aromatic heterocycles. The minimum Gasteiger partial charge on any atom is -0.497 e. The van der Waals surface area contributed by atoms with Gasteiger partial charge in [-0.25, -0.2) is 4.98 Å². The SMILES string of the molecule is COc1cccc(OCCCNc2ccc(Br)cn2)c1. The second-order valence-corrected chi connectivity index (χ2v) is 5.09. The van der Waals surface area contributed by atoms with E-state index in [-0.39, 0.29) is 0 Å². The number of nitrogens with zero attached hydrogens (tertiary/aromatic N) is 1. The van der Waals surface area contributed by atoms with Gasteiger partial charge in [0.1, 0.15) is 17.3 Å². The van der Waals surface area contributed by atoms with Crippen molar-refractivity contribution in [1.82, 2.24) is 4.98 Å². The van der Waals surface area contributed by atoms with Crippen LogP contribution in [0.4, 0.5) is 5.82 Å². The van der Waals surface area contributed by atoms with E-state index in [1.807, 2.05) is 36.4 Å². The average molecular weight is 337 g/mol. The molecule has 1 aromatic carbocycles. The van der Waals surface area contributed by atoms with Crippen molar-refractivity contribution in [3.63, 3.8) is 0 Å². The largest absolute Gasteiger partial charge is 0.497 e. The third kappa shape index (κ3) is 4.74. The predicted molar refractivity (Wildman–Crippen MR) is 83.5 cm³/mol. The van der Waals surface area contributed by atoms with E-state index in [4.69, 9.17) is 9.47 Å². The van der Waals surface area contributed by atoms with Gasteiger partial charge in [0.05, 0.1) is 13.7 Å². The van der Waals surface area contributed by atoms with Crippen molar-refractivity contribution >= 4 is 21.7 Å². The van der Waals surface area contributed by atoms with Crippen molar-refractivity contribution < 1.29 is 9.47 Å². The maximum atomic E-state index is 5.66. The zero-order chi connectivity index (χ0) is 14.2. The van der Waals surface area contributed by atoms with Gasteiger partial charge in [-0.3, -0.25) is 0 Å². The van der Waals surface area contributed by atoms with E-state index in [1.54, 1.807) is 13.3 Å². The lowest BCUT2D eigenvalue weighted by molar-refractivity contribution is 0.312. The number of halogens is 1. The van der Waals surface area contributed by atoms with Crippen LogP contribution in [-0.2, 0) is 0 Å². The average Bonchev–Trinajstić information content (AvgIpc) is 2.49. The lowest BCUT2D eigenvalue weighted by Gasteiger charge is -2.08. The molecule has 0 amide bonds. The summed E-state index contributed by atoms with van der Waals surface area (Å²) in [7, 11) is 1.65. The van der Waals surface area contributed by atoms with Crippen molar-refractivity contribution in [2.24, 2.45) is 0 Å². The van der Waals surface area contributed by atoms with Crippen molar-refractivity contribution in [3.8, 4) is 11.5 Å². The summed E-state index contributed by atoms with van der Waals surface area (Å²) in [5.41, 5.74) is 0. The third-order valence-electron chi connectivity index (χ3n) is 2.66. The van der Waals surface area contributed by atoms with Gasteiger partial charge in [0.15, 0.2) is 0 Å². The first-order chi connectivity index (χ1) is 9.78. The number of hydrogen-bond donors (Lipinski definition) is 1. The van der Waals surface area contributed by atoms with Crippen LogP contribution in [0.25, 0.3) is 0 Å². The first-order valence-corrected chi connectivity index (χ1v) is 7.19. The number of hydrogen-bond acceptors (Lipinski definition) is 4. The zero-order valence-corrected chi connectivity index (χ0v) is 12.9. The van der Waals surface area contributed by atoms with Crippen LogP contribution in [0.15, 0.2) is 47.1 Å². The maximum Gasteiger partial charge on any atom is 0.125 e. The van der Waals surface area contributed by atoms with Crippen molar-refractivity contribution in [1.29, 1.82) is 0 Å². The molecule has 1 heterocycles. The third-order valence-corrected chi connectivity index (χ3v) is 3.13. The van der Waals surface area contributed by atoms with Crippen LogP contribution in [0.2, 0.25) is 0 Å². The Balaban J connectivity index is 1.67. The first kappa shape index (κ1) is 14.7. The highest BCUT2D eigenvalue weighted by Crippen LogP contribution is 2.18. The van der Waals surface area contributed by atoms with Gasteiger partial charge < -0.3 is 14.8 Å². The number of ether oxygens (including phenoxy) is 2. The van der Waals surface area contributed by atoms with E-state index in [0.717, 1.165) is 34.8 Å². The summed E-state index contributed by atoms with van der Waals surface area (Å²) >= 11 is 3.36. The van der Waals surface area contributed by atoms with Crippen molar-refractivity contribution in [3.05, 3.63) is 47.1 Å². The molecule has 0 fully saturated rings. The fourth-order valence-electron chi connectivity index (χ4n) is 1.65. The summed E-state index contributed by atoms with van der Waals surface area (Å²) in [6, 6.07) is 11.5. The molecule has 2 rings (SSSR count). The maximum absolute atomic E-state index is 5.66. The summed E-state index contributed by atoms with van der Waals surface area (Å²) in [6.07, 6.45) is 2.67. The topological polar surface area (TPSA) is 43.4 Å². The fraction of sp³-hybridized carbons (Fsp3) is 0.267. The molecule has 0 radical (unpaired) electrons. The molecule has 0 spiro atoms. The number of benzene rings is 1. The highest BCUT2D eigenvalue weighted by Gasteiger charge is 1.97. The van der Waals surface area contributed by atoms with Crippen LogP contribution in [0.1, 0.15) is 6.42 Å². The van der Waals surface area contributed by atoms with Crippen LogP contribution in [0, 0.1) is 0 Å². The van der Waals surface area contributed by atoms with E-state index >= 15 is 0 Å². The molecule has 0 saturated heterocycles. The Morgan fingerprint density at radius 3 is 2.80 bits per heavy atom. The molecular weight excluding hydrogens is 320 g/mol. The van der Waals surface area contributed by atoms with Crippen LogP contribution >= 0.6 is 15.9 Å². The van der Waals surface area contributed by atoms with Gasteiger partial charge in [-0.15, -0.1) is 0 Å². The monoisotopic (exact) mass is 336 g/mol. The molecule has 5 heteroatoms. The Bertz CT molecular complexity index is 532. The first-order valence-electron chi connectivity index (χ1n) is 6.40. The van der Waals surface area contributed by atoms with E-state index in [1.165, 1.54) is 0 Å². The lowest BCUT2D eigenvalue weighted by Crippen LogP contribution is -2.08. The number of anilines is 1. The second kappa shape index (κ2) is 7.75. The molecule has 0 unspecified atom stereocenters. The summed E-state index contributed by atoms with van der Waals surface area (Å²) in [6.45, 7) is 1.47. The zero-order valence-electron chi connectivity index (χ0n) is 11.3. The lowest BCUT2D eigenvalue weighted by atomic mass is 10.3. The summed E-state index contributed by atoms with van der Waals surface area (Å²) in [4.78, 5) is 4.24. The molecule has 2 aromatic rings. The highest BCUT2D eigenvalue weighted by atomic mass is 79.9. The standard InChI is InChI=1S/C15H17BrN2O2/c1-19-13-4-2-5-14(10-13)20-9-3-8-17-15-7-6-12(16)11-18-15/h2,4-7,10-11H,3,8-9H2,1H3,(H,17,18). The van der Waals surface area contributed by atoms with Crippen LogP contribution in [0.3, 0.4) is 0 Å². The normalized spacial score (nSPS) is 10.1. The van der Waals surface area contributed by atoms with Gasteiger partial charge in [-0.2, -0.15) is 0 Å².